The Labute approximate surface area is 115 Å². The fourth-order valence-electron chi connectivity index (χ4n) is 2.49. The quantitative estimate of drug-likeness (QED) is 0.866. The fraction of sp³-hybridized carbons (Fsp3) is 0.571. The Morgan fingerprint density at radius 1 is 1.16 bits per heavy atom. The molecule has 0 amide bonds. The van der Waals surface area contributed by atoms with Crippen molar-refractivity contribution >= 4 is 15.7 Å². The summed E-state index contributed by atoms with van der Waals surface area (Å²) in [6.07, 6.45) is 4.94. The number of anilines is 1. The van der Waals surface area contributed by atoms with Crippen LogP contribution in [-0.4, -0.2) is 25.8 Å². The Balaban J connectivity index is 2.30. The van der Waals surface area contributed by atoms with Crippen molar-refractivity contribution in [2.45, 2.75) is 43.9 Å². The maximum Gasteiger partial charge on any atom is 0.243 e. The van der Waals surface area contributed by atoms with Gasteiger partial charge in [0.25, 0.3) is 0 Å². The number of nitrogens with zero attached hydrogens (tertiary/aromatic N) is 1. The number of hydrogen-bond donors (Lipinski definition) is 1. The predicted octanol–water partition coefficient (Wildman–Crippen LogP) is 2.40. The van der Waals surface area contributed by atoms with Gasteiger partial charge < -0.3 is 5.73 Å². The number of hydrogen-bond acceptors (Lipinski definition) is 3. The summed E-state index contributed by atoms with van der Waals surface area (Å²) in [4.78, 5) is 0.323. The topological polar surface area (TPSA) is 63.4 Å². The van der Waals surface area contributed by atoms with Gasteiger partial charge in [-0.15, -0.1) is 0 Å². The molecule has 1 aromatic carbocycles. The van der Waals surface area contributed by atoms with Crippen LogP contribution in [0.1, 0.15) is 38.2 Å². The van der Waals surface area contributed by atoms with E-state index in [-0.39, 0.29) is 0 Å². The molecule has 0 saturated carbocycles. The van der Waals surface area contributed by atoms with Gasteiger partial charge in [0.1, 0.15) is 0 Å². The fourth-order valence-corrected chi connectivity index (χ4v) is 4.04. The molecule has 5 heteroatoms. The molecule has 0 radical (unpaired) electrons. The zero-order valence-electron chi connectivity index (χ0n) is 11.4. The largest absolute Gasteiger partial charge is 0.398 e. The second kappa shape index (κ2) is 5.92. The van der Waals surface area contributed by atoms with Gasteiger partial charge in [-0.25, -0.2) is 8.42 Å². The van der Waals surface area contributed by atoms with E-state index in [1.807, 2.05) is 13.0 Å². The van der Waals surface area contributed by atoms with Crippen LogP contribution in [0.4, 0.5) is 5.69 Å². The maximum atomic E-state index is 12.6. The summed E-state index contributed by atoms with van der Waals surface area (Å²) in [7, 11) is -3.38. The minimum Gasteiger partial charge on any atom is -0.398 e. The summed E-state index contributed by atoms with van der Waals surface area (Å²) >= 11 is 0. The molecule has 1 aliphatic rings. The molecule has 106 valence electrons. The summed E-state index contributed by atoms with van der Waals surface area (Å²) in [6, 6.07) is 5.09. The summed E-state index contributed by atoms with van der Waals surface area (Å²) in [5.74, 6) is 0. The van der Waals surface area contributed by atoms with Gasteiger partial charge in [0.15, 0.2) is 0 Å². The molecule has 0 aliphatic carbocycles. The molecule has 19 heavy (non-hydrogen) atoms. The van der Waals surface area contributed by atoms with Crippen molar-refractivity contribution in [2.24, 2.45) is 0 Å². The third kappa shape index (κ3) is 3.09. The lowest BCUT2D eigenvalue weighted by Gasteiger charge is -2.20. The molecule has 1 aliphatic heterocycles. The lowest BCUT2D eigenvalue weighted by molar-refractivity contribution is 0.424. The van der Waals surface area contributed by atoms with Gasteiger partial charge in [-0.1, -0.05) is 25.8 Å². The van der Waals surface area contributed by atoms with Crippen molar-refractivity contribution in [3.63, 3.8) is 0 Å². The van der Waals surface area contributed by atoms with E-state index in [4.69, 9.17) is 5.73 Å². The first-order chi connectivity index (χ1) is 9.05. The van der Waals surface area contributed by atoms with E-state index < -0.39 is 10.0 Å². The molecule has 0 atom stereocenters. The number of benzene rings is 1. The Morgan fingerprint density at radius 2 is 1.79 bits per heavy atom. The van der Waals surface area contributed by atoms with Gasteiger partial charge in [-0.2, -0.15) is 4.31 Å². The van der Waals surface area contributed by atoms with Crippen LogP contribution < -0.4 is 5.73 Å². The van der Waals surface area contributed by atoms with Crippen LogP contribution in [0.5, 0.6) is 0 Å². The number of nitrogen functional groups attached to an aromatic ring is 1. The van der Waals surface area contributed by atoms with Crippen molar-refractivity contribution in [1.29, 1.82) is 0 Å². The molecule has 4 nitrogen and oxygen atoms in total. The van der Waals surface area contributed by atoms with Crippen LogP contribution in [0.25, 0.3) is 0 Å². The number of aryl methyl sites for hydroxylation is 1. The predicted molar refractivity (Wildman–Crippen MR) is 77.5 cm³/mol. The monoisotopic (exact) mass is 282 g/mol. The average molecular weight is 282 g/mol. The number of nitrogens with two attached hydrogens (primary N) is 1. The number of sulfonamides is 1. The van der Waals surface area contributed by atoms with E-state index in [0.29, 0.717) is 23.7 Å². The lowest BCUT2D eigenvalue weighted by atomic mass is 10.1. The van der Waals surface area contributed by atoms with E-state index >= 15 is 0 Å². The molecular weight excluding hydrogens is 260 g/mol. The van der Waals surface area contributed by atoms with Crippen LogP contribution in [-0.2, 0) is 16.4 Å². The lowest BCUT2D eigenvalue weighted by Crippen LogP contribution is -2.32. The maximum absolute atomic E-state index is 12.6. The molecule has 0 unspecified atom stereocenters. The molecular formula is C14H22N2O2S. The second-order valence-electron chi connectivity index (χ2n) is 5.03. The van der Waals surface area contributed by atoms with Crippen molar-refractivity contribution < 1.29 is 8.42 Å². The van der Waals surface area contributed by atoms with Crippen molar-refractivity contribution in [1.82, 2.24) is 4.31 Å². The highest BCUT2D eigenvalue weighted by molar-refractivity contribution is 7.89. The molecule has 0 aromatic heterocycles. The number of rotatable bonds is 3. The Kier molecular flexibility index (Phi) is 4.47. The van der Waals surface area contributed by atoms with Crippen molar-refractivity contribution in [2.75, 3.05) is 18.8 Å². The smallest absolute Gasteiger partial charge is 0.243 e. The Bertz CT molecular complexity index is 532. The van der Waals surface area contributed by atoms with E-state index in [2.05, 4.69) is 0 Å². The molecule has 1 saturated heterocycles. The minimum absolute atomic E-state index is 0.323. The average Bonchev–Trinajstić information content (AvgIpc) is 2.67. The normalized spacial score (nSPS) is 18.2. The van der Waals surface area contributed by atoms with Crippen LogP contribution in [0, 0.1) is 0 Å². The molecule has 0 spiro atoms. The van der Waals surface area contributed by atoms with Gasteiger partial charge in [-0.3, -0.25) is 0 Å². The minimum atomic E-state index is -3.38. The standard InChI is InChI=1S/C14H22N2O2S/c1-2-12-7-8-13(11-14(12)15)19(17,18)16-9-5-3-4-6-10-16/h7-8,11H,2-6,9-10,15H2,1H3. The SMILES string of the molecule is CCc1ccc(S(=O)(=O)N2CCCCCC2)cc1N. The zero-order chi connectivity index (χ0) is 13.9. The highest BCUT2D eigenvalue weighted by Gasteiger charge is 2.25. The molecule has 1 fully saturated rings. The highest BCUT2D eigenvalue weighted by atomic mass is 32.2. The summed E-state index contributed by atoms with van der Waals surface area (Å²) in [6.45, 7) is 3.25. The highest BCUT2D eigenvalue weighted by Crippen LogP contribution is 2.23. The molecule has 1 heterocycles. The van der Waals surface area contributed by atoms with Crippen LogP contribution in [0.2, 0.25) is 0 Å². The molecule has 1 aromatic rings. The summed E-state index contributed by atoms with van der Waals surface area (Å²) < 4.78 is 26.7. The van der Waals surface area contributed by atoms with E-state index in [9.17, 15) is 8.42 Å². The van der Waals surface area contributed by atoms with Crippen LogP contribution in [0.3, 0.4) is 0 Å². The van der Waals surface area contributed by atoms with E-state index in [0.717, 1.165) is 37.7 Å². The Morgan fingerprint density at radius 3 is 2.32 bits per heavy atom. The first-order valence-electron chi connectivity index (χ1n) is 6.94. The van der Waals surface area contributed by atoms with E-state index in [1.165, 1.54) is 0 Å². The first kappa shape index (κ1) is 14.3. The van der Waals surface area contributed by atoms with Gasteiger partial charge >= 0.3 is 0 Å². The second-order valence-corrected chi connectivity index (χ2v) is 6.97. The first-order valence-corrected chi connectivity index (χ1v) is 8.38. The van der Waals surface area contributed by atoms with Crippen molar-refractivity contribution in [3.8, 4) is 0 Å². The van der Waals surface area contributed by atoms with Gasteiger partial charge in [0, 0.05) is 18.8 Å². The summed E-state index contributed by atoms with van der Waals surface area (Å²) in [5, 5.41) is 0. The van der Waals surface area contributed by atoms with Crippen LogP contribution >= 0.6 is 0 Å². The molecule has 2 N–H and O–H groups in total. The third-order valence-corrected chi connectivity index (χ3v) is 5.60. The molecule has 0 bridgehead atoms. The van der Waals surface area contributed by atoms with Gasteiger partial charge in [0.2, 0.25) is 10.0 Å². The molecule has 2 rings (SSSR count). The van der Waals surface area contributed by atoms with Crippen LogP contribution in [0.15, 0.2) is 23.1 Å². The Hall–Kier alpha value is -1.07. The van der Waals surface area contributed by atoms with Gasteiger partial charge in [0.05, 0.1) is 4.90 Å². The van der Waals surface area contributed by atoms with E-state index in [1.54, 1.807) is 16.4 Å². The van der Waals surface area contributed by atoms with Crippen molar-refractivity contribution in [3.05, 3.63) is 23.8 Å². The third-order valence-electron chi connectivity index (χ3n) is 3.70. The van der Waals surface area contributed by atoms with Gasteiger partial charge in [-0.05, 0) is 37.0 Å². The zero-order valence-corrected chi connectivity index (χ0v) is 12.2. The summed E-state index contributed by atoms with van der Waals surface area (Å²) in [5.41, 5.74) is 7.47.